The van der Waals surface area contributed by atoms with Crippen molar-refractivity contribution in [3.05, 3.63) is 0 Å². The van der Waals surface area contributed by atoms with Crippen LogP contribution < -0.4 is 0 Å². The van der Waals surface area contributed by atoms with E-state index in [0.717, 1.165) is 25.3 Å². The lowest BCUT2D eigenvalue weighted by atomic mass is 10.1. The SMILES string of the molecule is C[Si](C)(C)O[Si](C)(C)O[Si](C)(C)O[Si](C)(C)O[Si](C)(C)CCCCCCCCCCC([O])=O. The monoisotopic (exact) mass is 553 g/mol. The van der Waals surface area contributed by atoms with Crippen LogP contribution in [0.2, 0.25) is 78.1 Å². The van der Waals surface area contributed by atoms with Crippen LogP contribution in [0.4, 0.5) is 0 Å². The Morgan fingerprint density at radius 1 is 0.515 bits per heavy atom. The van der Waals surface area contributed by atoms with Gasteiger partial charge in [0.1, 0.15) is 0 Å². The summed E-state index contributed by atoms with van der Waals surface area (Å²) < 4.78 is 26.2. The van der Waals surface area contributed by atoms with Crippen LogP contribution in [0, 0.1) is 0 Å². The molecule has 33 heavy (non-hydrogen) atoms. The van der Waals surface area contributed by atoms with Gasteiger partial charge in [-0.3, -0.25) is 0 Å². The van der Waals surface area contributed by atoms with E-state index in [1.165, 1.54) is 32.1 Å². The van der Waals surface area contributed by atoms with Crippen LogP contribution in [0.1, 0.15) is 57.8 Å². The van der Waals surface area contributed by atoms with Crippen molar-refractivity contribution in [3.8, 4) is 0 Å². The Hall–Kier alpha value is 0.394. The van der Waals surface area contributed by atoms with Gasteiger partial charge >= 0.3 is 31.7 Å². The van der Waals surface area contributed by atoms with E-state index in [9.17, 15) is 9.90 Å². The Labute approximate surface area is 210 Å². The van der Waals surface area contributed by atoms with Crippen LogP contribution in [0.5, 0.6) is 0 Å². The summed E-state index contributed by atoms with van der Waals surface area (Å²) in [5.74, 6) is -0.930. The maximum absolute atomic E-state index is 10.4. The fourth-order valence-corrected chi connectivity index (χ4v) is 28.4. The minimum atomic E-state index is -2.36. The molecule has 0 saturated heterocycles. The van der Waals surface area contributed by atoms with Gasteiger partial charge in [0, 0.05) is 0 Å². The number of carbonyl (C=O) groups is 1. The summed E-state index contributed by atoms with van der Waals surface area (Å²) in [6.45, 7) is 24.1. The summed E-state index contributed by atoms with van der Waals surface area (Å²) in [6, 6.07) is 1.15. The molecule has 0 aliphatic rings. The standard InChI is InChI=1S/C22H53O6Si5/c1-29(2,3)25-31(6,7)27-33(10,11)28-32(8,9)26-30(4,5)21-19-17-15-13-12-14-16-18-20-22(23)24/h12-21H2,1-11H3. The molecule has 0 heterocycles. The first-order valence-corrected chi connectivity index (χ1v) is 27.7. The summed E-state index contributed by atoms with van der Waals surface area (Å²) in [4.78, 5) is 10.4. The zero-order chi connectivity index (χ0) is 26.0. The first kappa shape index (κ1) is 33.4. The van der Waals surface area contributed by atoms with Crippen molar-refractivity contribution in [1.29, 1.82) is 0 Å². The molecule has 0 amide bonds. The van der Waals surface area contributed by atoms with Crippen molar-refractivity contribution in [1.82, 2.24) is 0 Å². The molecule has 0 fully saturated rings. The number of rotatable bonds is 19. The van der Waals surface area contributed by atoms with Crippen molar-refractivity contribution in [2.45, 2.75) is 136 Å². The molecular formula is C22H53O6Si5. The highest BCUT2D eigenvalue weighted by Gasteiger charge is 2.44. The van der Waals surface area contributed by atoms with E-state index in [2.05, 4.69) is 72.0 Å². The van der Waals surface area contributed by atoms with Crippen LogP contribution in [0.15, 0.2) is 0 Å². The summed E-state index contributed by atoms with van der Waals surface area (Å²) in [6.07, 6.45) is 9.17. The number of unbranched alkanes of at least 4 members (excludes halogenated alkanes) is 7. The van der Waals surface area contributed by atoms with Crippen molar-refractivity contribution in [2.24, 2.45) is 0 Å². The van der Waals surface area contributed by atoms with E-state index < -0.39 is 48.3 Å². The molecule has 197 valence electrons. The second-order valence-electron chi connectivity index (χ2n) is 12.2. The summed E-state index contributed by atoms with van der Waals surface area (Å²) in [5.41, 5.74) is 0. The lowest BCUT2D eigenvalue weighted by molar-refractivity contribution is -0.143. The Morgan fingerprint density at radius 2 is 0.879 bits per heavy atom. The Balaban J connectivity index is 4.34. The smallest absolute Gasteiger partial charge is 0.355 e. The van der Waals surface area contributed by atoms with Crippen LogP contribution in [-0.2, 0) is 26.4 Å². The third-order valence-electron chi connectivity index (χ3n) is 4.97. The molecule has 0 rings (SSSR count). The zero-order valence-electron chi connectivity index (χ0n) is 23.5. The summed E-state index contributed by atoms with van der Waals surface area (Å²) >= 11 is 0. The highest BCUT2D eigenvalue weighted by atomic mass is 28.5. The summed E-state index contributed by atoms with van der Waals surface area (Å²) in [7, 11) is -10.4. The van der Waals surface area contributed by atoms with Crippen molar-refractivity contribution in [3.63, 3.8) is 0 Å². The predicted octanol–water partition coefficient (Wildman–Crippen LogP) is 7.67. The Morgan fingerprint density at radius 3 is 1.30 bits per heavy atom. The fourth-order valence-electron chi connectivity index (χ4n) is 4.58. The van der Waals surface area contributed by atoms with Crippen LogP contribution >= 0.6 is 0 Å². The van der Waals surface area contributed by atoms with Gasteiger partial charge in [0.2, 0.25) is 0 Å². The molecule has 0 aliphatic carbocycles. The second-order valence-corrected chi connectivity index (χ2v) is 32.1. The third kappa shape index (κ3) is 20.3. The van der Waals surface area contributed by atoms with Crippen molar-refractivity contribution in [2.75, 3.05) is 0 Å². The van der Waals surface area contributed by atoms with Crippen LogP contribution in [0.3, 0.4) is 0 Å². The summed E-state index contributed by atoms with van der Waals surface area (Å²) in [5, 5.41) is 10.4. The molecule has 0 aliphatic heterocycles. The zero-order valence-corrected chi connectivity index (χ0v) is 28.5. The first-order valence-electron chi connectivity index (χ1n) is 12.7. The van der Waals surface area contributed by atoms with Crippen molar-refractivity contribution < 1.29 is 26.4 Å². The minimum absolute atomic E-state index is 0.195. The predicted molar refractivity (Wildman–Crippen MR) is 150 cm³/mol. The van der Waals surface area contributed by atoms with E-state index in [0.29, 0.717) is 0 Å². The van der Waals surface area contributed by atoms with Gasteiger partial charge in [-0.05, 0) is 84.5 Å². The Bertz CT molecular complexity index is 576. The molecule has 6 nitrogen and oxygen atoms in total. The molecule has 0 aromatic rings. The van der Waals surface area contributed by atoms with Crippen molar-refractivity contribution >= 4 is 48.3 Å². The second kappa shape index (κ2) is 14.2. The van der Waals surface area contributed by atoms with Gasteiger partial charge in [-0.1, -0.05) is 44.9 Å². The van der Waals surface area contributed by atoms with Gasteiger partial charge in [-0.15, -0.1) is 0 Å². The largest absolute Gasteiger partial charge is 0.437 e. The first-order chi connectivity index (χ1) is 14.7. The van der Waals surface area contributed by atoms with E-state index in [1.54, 1.807) is 0 Å². The molecule has 0 spiro atoms. The number of hydrogen-bond donors (Lipinski definition) is 0. The maximum Gasteiger partial charge on any atom is 0.355 e. The molecule has 1 radical (unpaired) electrons. The van der Waals surface area contributed by atoms with Crippen LogP contribution in [0.25, 0.3) is 0 Å². The van der Waals surface area contributed by atoms with E-state index in [1.807, 2.05) is 0 Å². The molecule has 0 bridgehead atoms. The lowest BCUT2D eigenvalue weighted by Crippen LogP contribution is -2.58. The molecule has 0 atom stereocenters. The average molecular weight is 554 g/mol. The molecule has 0 unspecified atom stereocenters. The molecule has 0 aromatic heterocycles. The van der Waals surface area contributed by atoms with Gasteiger partial charge in [0.05, 0.1) is 6.42 Å². The normalized spacial score (nSPS) is 14.0. The number of carbonyl (C=O) groups excluding carboxylic acids is 1. The average Bonchev–Trinajstić information content (AvgIpc) is 2.50. The maximum atomic E-state index is 10.4. The van der Waals surface area contributed by atoms with Gasteiger partial charge in [-0.25, -0.2) is 9.90 Å². The van der Waals surface area contributed by atoms with E-state index in [-0.39, 0.29) is 6.42 Å². The fraction of sp³-hybridized carbons (Fsp3) is 0.955. The molecular weight excluding hydrogens is 501 g/mol. The van der Waals surface area contributed by atoms with E-state index in [4.69, 9.17) is 16.5 Å². The number of hydrogen-bond acceptors (Lipinski definition) is 5. The molecule has 11 heteroatoms. The van der Waals surface area contributed by atoms with Gasteiger partial charge in [0.15, 0.2) is 16.6 Å². The molecule has 0 N–H and O–H groups in total. The highest BCUT2D eigenvalue weighted by molar-refractivity contribution is 6.90. The quantitative estimate of drug-likeness (QED) is 0.121. The Kier molecular flexibility index (Phi) is 14.4. The van der Waals surface area contributed by atoms with Gasteiger partial charge in [-0.2, -0.15) is 0 Å². The van der Waals surface area contributed by atoms with E-state index >= 15 is 0 Å². The third-order valence-corrected chi connectivity index (χ3v) is 23.0. The van der Waals surface area contributed by atoms with Crippen LogP contribution in [-0.4, -0.2) is 48.3 Å². The van der Waals surface area contributed by atoms with Gasteiger partial charge in [0.25, 0.3) is 0 Å². The highest BCUT2D eigenvalue weighted by Crippen LogP contribution is 2.28. The van der Waals surface area contributed by atoms with Gasteiger partial charge < -0.3 is 16.5 Å². The molecule has 0 saturated carbocycles. The molecule has 0 aromatic carbocycles. The minimum Gasteiger partial charge on any atom is -0.437 e. The lowest BCUT2D eigenvalue weighted by Gasteiger charge is -2.42. The topological polar surface area (TPSA) is 73.9 Å².